The molecule has 1 rings (SSSR count). The molecular formula is C12H19ClN2O3S. The smallest absolute Gasteiger partial charge is 0.243 e. The van der Waals surface area contributed by atoms with Crippen molar-refractivity contribution in [3.05, 3.63) is 22.7 Å². The molecular weight excluding hydrogens is 288 g/mol. The molecule has 0 aliphatic heterocycles. The third-order valence-electron chi connectivity index (χ3n) is 2.81. The molecule has 0 aliphatic rings. The standard InChI is InChI=1S/C12H19ClN2O3S/c1-4-18-6-5-15(3)19(16,17)12-8-10(13)7-11(14)9(12)2/h7-8H,4-6,14H2,1-3H3. The Morgan fingerprint density at radius 2 is 2.05 bits per heavy atom. The molecule has 0 heterocycles. The van der Waals surface area contributed by atoms with Crippen molar-refractivity contribution in [2.45, 2.75) is 18.7 Å². The summed E-state index contributed by atoms with van der Waals surface area (Å²) >= 11 is 5.87. The zero-order valence-electron chi connectivity index (χ0n) is 11.3. The van der Waals surface area contributed by atoms with Gasteiger partial charge in [0, 0.05) is 30.9 Å². The van der Waals surface area contributed by atoms with Crippen molar-refractivity contribution in [2.24, 2.45) is 0 Å². The number of ether oxygens (including phenoxy) is 1. The zero-order chi connectivity index (χ0) is 14.6. The molecule has 19 heavy (non-hydrogen) atoms. The van der Waals surface area contributed by atoms with E-state index >= 15 is 0 Å². The maximum atomic E-state index is 12.4. The van der Waals surface area contributed by atoms with E-state index in [9.17, 15) is 8.42 Å². The SMILES string of the molecule is CCOCCN(C)S(=O)(=O)c1cc(Cl)cc(N)c1C. The van der Waals surface area contributed by atoms with Gasteiger partial charge >= 0.3 is 0 Å². The molecule has 0 unspecified atom stereocenters. The lowest BCUT2D eigenvalue weighted by atomic mass is 10.2. The van der Waals surface area contributed by atoms with Crippen LogP contribution in [0.25, 0.3) is 0 Å². The third-order valence-corrected chi connectivity index (χ3v) is 5.01. The minimum Gasteiger partial charge on any atom is -0.398 e. The monoisotopic (exact) mass is 306 g/mol. The third kappa shape index (κ3) is 3.82. The Morgan fingerprint density at radius 3 is 2.63 bits per heavy atom. The van der Waals surface area contributed by atoms with Crippen LogP contribution < -0.4 is 5.73 Å². The van der Waals surface area contributed by atoms with E-state index in [0.29, 0.717) is 29.5 Å². The maximum absolute atomic E-state index is 12.4. The first-order valence-electron chi connectivity index (χ1n) is 5.90. The summed E-state index contributed by atoms with van der Waals surface area (Å²) < 4.78 is 31.2. The van der Waals surface area contributed by atoms with Gasteiger partial charge < -0.3 is 10.5 Å². The number of nitrogens with two attached hydrogens (primary N) is 1. The van der Waals surface area contributed by atoms with E-state index < -0.39 is 10.0 Å². The van der Waals surface area contributed by atoms with Crippen molar-refractivity contribution in [3.63, 3.8) is 0 Å². The Bertz CT molecular complexity index is 546. The van der Waals surface area contributed by atoms with Gasteiger partial charge in [0.2, 0.25) is 10.0 Å². The van der Waals surface area contributed by atoms with Crippen molar-refractivity contribution >= 4 is 27.3 Å². The molecule has 7 heteroatoms. The molecule has 5 nitrogen and oxygen atoms in total. The molecule has 0 radical (unpaired) electrons. The predicted molar refractivity (Wildman–Crippen MR) is 76.9 cm³/mol. The van der Waals surface area contributed by atoms with Crippen molar-refractivity contribution in [1.29, 1.82) is 0 Å². The van der Waals surface area contributed by atoms with E-state index in [0.717, 1.165) is 0 Å². The lowest BCUT2D eigenvalue weighted by molar-refractivity contribution is 0.138. The second-order valence-electron chi connectivity index (χ2n) is 4.14. The Balaban J connectivity index is 3.06. The average molecular weight is 307 g/mol. The minimum atomic E-state index is -3.61. The molecule has 0 atom stereocenters. The maximum Gasteiger partial charge on any atom is 0.243 e. The number of nitrogen functional groups attached to an aromatic ring is 1. The highest BCUT2D eigenvalue weighted by Crippen LogP contribution is 2.27. The molecule has 0 bridgehead atoms. The molecule has 0 saturated carbocycles. The molecule has 0 aliphatic carbocycles. The first kappa shape index (κ1) is 16.2. The Labute approximate surface area is 119 Å². The normalized spacial score (nSPS) is 12.1. The lowest BCUT2D eigenvalue weighted by Crippen LogP contribution is -2.31. The van der Waals surface area contributed by atoms with E-state index in [1.54, 1.807) is 6.92 Å². The number of nitrogens with zero attached hydrogens (tertiary/aromatic N) is 1. The van der Waals surface area contributed by atoms with Crippen LogP contribution in [0.3, 0.4) is 0 Å². The Morgan fingerprint density at radius 1 is 1.42 bits per heavy atom. The number of likely N-dealkylation sites (N-methyl/N-ethyl adjacent to an activating group) is 1. The van der Waals surface area contributed by atoms with Crippen LogP contribution in [0.2, 0.25) is 5.02 Å². The summed E-state index contributed by atoms with van der Waals surface area (Å²) in [6, 6.07) is 2.95. The van der Waals surface area contributed by atoms with Gasteiger partial charge in [-0.2, -0.15) is 4.31 Å². The van der Waals surface area contributed by atoms with Crippen molar-refractivity contribution in [1.82, 2.24) is 4.31 Å². The summed E-state index contributed by atoms with van der Waals surface area (Å²) in [5.74, 6) is 0. The average Bonchev–Trinajstić information content (AvgIpc) is 2.33. The molecule has 1 aromatic carbocycles. The fraction of sp³-hybridized carbons (Fsp3) is 0.500. The van der Waals surface area contributed by atoms with Gasteiger partial charge in [-0.1, -0.05) is 11.6 Å². The molecule has 108 valence electrons. The van der Waals surface area contributed by atoms with Gasteiger partial charge in [-0.05, 0) is 31.5 Å². The van der Waals surface area contributed by atoms with Crippen LogP contribution in [0.15, 0.2) is 17.0 Å². The van der Waals surface area contributed by atoms with E-state index in [1.807, 2.05) is 6.92 Å². The summed E-state index contributed by atoms with van der Waals surface area (Å²) in [5, 5.41) is 0.305. The van der Waals surface area contributed by atoms with E-state index in [-0.39, 0.29) is 11.4 Å². The molecule has 1 aromatic rings. The van der Waals surface area contributed by atoms with E-state index in [1.165, 1.54) is 23.5 Å². The molecule has 0 spiro atoms. The zero-order valence-corrected chi connectivity index (χ0v) is 12.9. The Kier molecular flexibility index (Phi) is 5.61. The summed E-state index contributed by atoms with van der Waals surface area (Å²) in [5.41, 5.74) is 6.62. The summed E-state index contributed by atoms with van der Waals surface area (Å²) in [4.78, 5) is 0.136. The lowest BCUT2D eigenvalue weighted by Gasteiger charge is -2.19. The molecule has 0 aromatic heterocycles. The predicted octanol–water partition coefficient (Wildman–Crippen LogP) is 1.89. The van der Waals surface area contributed by atoms with Gasteiger partial charge in [0.25, 0.3) is 0 Å². The second kappa shape index (κ2) is 6.56. The van der Waals surface area contributed by atoms with Crippen LogP contribution in [0, 0.1) is 6.92 Å². The van der Waals surface area contributed by atoms with Gasteiger partial charge in [0.1, 0.15) is 0 Å². The first-order chi connectivity index (χ1) is 8.80. The molecule has 0 saturated heterocycles. The minimum absolute atomic E-state index is 0.136. The van der Waals surface area contributed by atoms with Crippen molar-refractivity contribution < 1.29 is 13.2 Å². The van der Waals surface area contributed by atoms with Gasteiger partial charge in [-0.15, -0.1) is 0 Å². The number of hydrogen-bond acceptors (Lipinski definition) is 4. The van der Waals surface area contributed by atoms with Gasteiger partial charge in [0.05, 0.1) is 11.5 Å². The summed E-state index contributed by atoms with van der Waals surface area (Å²) in [6.45, 7) is 4.70. The van der Waals surface area contributed by atoms with Crippen LogP contribution in [0.4, 0.5) is 5.69 Å². The van der Waals surface area contributed by atoms with Crippen molar-refractivity contribution in [2.75, 3.05) is 32.5 Å². The largest absolute Gasteiger partial charge is 0.398 e. The highest BCUT2D eigenvalue weighted by Gasteiger charge is 2.24. The Hall–Kier alpha value is -0.820. The highest BCUT2D eigenvalue weighted by molar-refractivity contribution is 7.89. The van der Waals surface area contributed by atoms with E-state index in [2.05, 4.69) is 0 Å². The fourth-order valence-electron chi connectivity index (χ4n) is 1.57. The summed E-state index contributed by atoms with van der Waals surface area (Å²) in [7, 11) is -2.10. The van der Waals surface area contributed by atoms with Crippen LogP contribution in [0.1, 0.15) is 12.5 Å². The fourth-order valence-corrected chi connectivity index (χ4v) is 3.29. The van der Waals surface area contributed by atoms with Crippen LogP contribution in [-0.4, -0.2) is 39.5 Å². The molecule has 2 N–H and O–H groups in total. The van der Waals surface area contributed by atoms with Gasteiger partial charge in [-0.3, -0.25) is 0 Å². The highest BCUT2D eigenvalue weighted by atomic mass is 35.5. The van der Waals surface area contributed by atoms with Gasteiger partial charge in [0.15, 0.2) is 0 Å². The second-order valence-corrected chi connectivity index (χ2v) is 6.59. The van der Waals surface area contributed by atoms with Crippen LogP contribution in [-0.2, 0) is 14.8 Å². The number of rotatable bonds is 6. The number of hydrogen-bond donors (Lipinski definition) is 1. The first-order valence-corrected chi connectivity index (χ1v) is 7.72. The quantitative estimate of drug-likeness (QED) is 0.643. The topological polar surface area (TPSA) is 72.6 Å². The van der Waals surface area contributed by atoms with Crippen molar-refractivity contribution in [3.8, 4) is 0 Å². The van der Waals surface area contributed by atoms with Gasteiger partial charge in [-0.25, -0.2) is 8.42 Å². The molecule has 0 amide bonds. The summed E-state index contributed by atoms with van der Waals surface area (Å²) in [6.07, 6.45) is 0. The number of anilines is 1. The molecule has 0 fully saturated rings. The number of benzene rings is 1. The number of sulfonamides is 1. The van der Waals surface area contributed by atoms with Crippen LogP contribution >= 0.6 is 11.6 Å². The number of halogens is 1. The van der Waals surface area contributed by atoms with E-state index in [4.69, 9.17) is 22.1 Å². The van der Waals surface area contributed by atoms with Crippen LogP contribution in [0.5, 0.6) is 0 Å².